The second-order valence-electron chi connectivity index (χ2n) is 4.39. The fourth-order valence-corrected chi connectivity index (χ4v) is 1.98. The number of aromatic nitrogens is 1. The second-order valence-corrected chi connectivity index (χ2v) is 5.95. The van der Waals surface area contributed by atoms with Gasteiger partial charge in [0, 0.05) is 18.4 Å². The van der Waals surface area contributed by atoms with Crippen LogP contribution >= 0.6 is 11.8 Å². The third-order valence-electron chi connectivity index (χ3n) is 2.38. The Morgan fingerprint density at radius 1 is 1.47 bits per heavy atom. The molecule has 1 amide bonds. The molecule has 0 atom stereocenters. The molecule has 1 N–H and O–H groups in total. The molecule has 0 bridgehead atoms. The SMILES string of the molecule is Cc1cc(C)c(CNC(=O)CSC(C)C)cn1. The van der Waals surface area contributed by atoms with E-state index in [4.69, 9.17) is 0 Å². The van der Waals surface area contributed by atoms with Crippen molar-refractivity contribution in [2.45, 2.75) is 39.5 Å². The zero-order chi connectivity index (χ0) is 12.8. The summed E-state index contributed by atoms with van der Waals surface area (Å²) in [6.45, 7) is 8.75. The number of aryl methyl sites for hydroxylation is 2. The van der Waals surface area contributed by atoms with Crippen molar-refractivity contribution < 1.29 is 4.79 Å². The lowest BCUT2D eigenvalue weighted by atomic mass is 10.1. The van der Waals surface area contributed by atoms with E-state index in [9.17, 15) is 4.79 Å². The summed E-state index contributed by atoms with van der Waals surface area (Å²) in [6, 6.07) is 2.03. The molecule has 0 saturated heterocycles. The summed E-state index contributed by atoms with van der Waals surface area (Å²) in [4.78, 5) is 15.8. The van der Waals surface area contributed by atoms with E-state index in [1.54, 1.807) is 11.8 Å². The highest BCUT2D eigenvalue weighted by Gasteiger charge is 2.05. The largest absolute Gasteiger partial charge is 0.351 e. The van der Waals surface area contributed by atoms with Crippen molar-refractivity contribution in [3.63, 3.8) is 0 Å². The first-order valence-corrected chi connectivity index (χ1v) is 6.84. The predicted molar refractivity (Wildman–Crippen MR) is 73.2 cm³/mol. The molecular weight excluding hydrogens is 232 g/mol. The van der Waals surface area contributed by atoms with E-state index in [1.807, 2.05) is 26.1 Å². The molecule has 4 heteroatoms. The van der Waals surface area contributed by atoms with Crippen LogP contribution in [0, 0.1) is 13.8 Å². The molecule has 0 aliphatic carbocycles. The van der Waals surface area contributed by atoms with Gasteiger partial charge in [0.05, 0.1) is 5.75 Å². The maximum absolute atomic E-state index is 11.5. The molecule has 17 heavy (non-hydrogen) atoms. The van der Waals surface area contributed by atoms with Gasteiger partial charge in [-0.25, -0.2) is 0 Å². The number of thioether (sulfide) groups is 1. The van der Waals surface area contributed by atoms with Crippen LogP contribution in [-0.2, 0) is 11.3 Å². The minimum absolute atomic E-state index is 0.0867. The van der Waals surface area contributed by atoms with Gasteiger partial charge in [0.2, 0.25) is 5.91 Å². The van der Waals surface area contributed by atoms with Gasteiger partial charge in [-0.1, -0.05) is 13.8 Å². The van der Waals surface area contributed by atoms with Gasteiger partial charge >= 0.3 is 0 Å². The predicted octanol–water partition coefficient (Wildman–Crippen LogP) is 2.46. The van der Waals surface area contributed by atoms with E-state index in [0.29, 0.717) is 17.5 Å². The third kappa shape index (κ3) is 5.22. The Labute approximate surface area is 107 Å². The first-order valence-electron chi connectivity index (χ1n) is 5.79. The van der Waals surface area contributed by atoms with Crippen molar-refractivity contribution in [1.29, 1.82) is 0 Å². The first-order chi connectivity index (χ1) is 7.99. The molecule has 0 aromatic carbocycles. The van der Waals surface area contributed by atoms with E-state index in [0.717, 1.165) is 11.3 Å². The average molecular weight is 252 g/mol. The van der Waals surface area contributed by atoms with E-state index in [1.165, 1.54) is 5.56 Å². The highest BCUT2D eigenvalue weighted by atomic mass is 32.2. The van der Waals surface area contributed by atoms with Crippen molar-refractivity contribution in [3.05, 3.63) is 29.1 Å². The zero-order valence-corrected chi connectivity index (χ0v) is 11.7. The van der Waals surface area contributed by atoms with Crippen LogP contribution in [-0.4, -0.2) is 21.9 Å². The number of rotatable bonds is 5. The Kier molecular flexibility index (Phi) is 5.48. The van der Waals surface area contributed by atoms with Crippen molar-refractivity contribution in [3.8, 4) is 0 Å². The molecule has 1 aromatic rings. The van der Waals surface area contributed by atoms with Gasteiger partial charge in [-0.3, -0.25) is 9.78 Å². The minimum atomic E-state index is 0.0867. The van der Waals surface area contributed by atoms with Crippen molar-refractivity contribution in [2.24, 2.45) is 0 Å². The number of nitrogens with one attached hydrogen (secondary N) is 1. The van der Waals surface area contributed by atoms with Gasteiger partial charge in [0.15, 0.2) is 0 Å². The molecular formula is C13H20N2OS. The zero-order valence-electron chi connectivity index (χ0n) is 10.9. The molecule has 0 aliphatic rings. The number of carbonyl (C=O) groups excluding carboxylic acids is 1. The Morgan fingerprint density at radius 3 is 2.76 bits per heavy atom. The van der Waals surface area contributed by atoms with Crippen molar-refractivity contribution in [2.75, 3.05) is 5.75 Å². The molecule has 0 unspecified atom stereocenters. The van der Waals surface area contributed by atoms with Crippen LogP contribution < -0.4 is 5.32 Å². The standard InChI is InChI=1S/C13H20N2OS/c1-9(2)17-8-13(16)15-7-12-6-14-11(4)5-10(12)3/h5-6,9H,7-8H2,1-4H3,(H,15,16). The first kappa shape index (κ1) is 14.0. The molecule has 0 aliphatic heterocycles. The number of hydrogen-bond donors (Lipinski definition) is 1. The van der Waals surface area contributed by atoms with Gasteiger partial charge in [0.25, 0.3) is 0 Å². The number of nitrogens with zero attached hydrogens (tertiary/aromatic N) is 1. The van der Waals surface area contributed by atoms with Crippen LogP contribution in [0.2, 0.25) is 0 Å². The highest BCUT2D eigenvalue weighted by Crippen LogP contribution is 2.09. The molecule has 0 spiro atoms. The molecule has 0 saturated carbocycles. The van der Waals surface area contributed by atoms with E-state index in [2.05, 4.69) is 24.1 Å². The summed E-state index contributed by atoms with van der Waals surface area (Å²) in [5.74, 6) is 0.611. The van der Waals surface area contributed by atoms with Gasteiger partial charge < -0.3 is 5.32 Å². The van der Waals surface area contributed by atoms with Gasteiger partial charge in [-0.05, 0) is 36.3 Å². The lowest BCUT2D eigenvalue weighted by molar-refractivity contribution is -0.118. The summed E-state index contributed by atoms with van der Waals surface area (Å²) in [7, 11) is 0. The monoisotopic (exact) mass is 252 g/mol. The Morgan fingerprint density at radius 2 is 2.18 bits per heavy atom. The van der Waals surface area contributed by atoms with Gasteiger partial charge in [-0.2, -0.15) is 0 Å². The van der Waals surface area contributed by atoms with Crippen molar-refractivity contribution in [1.82, 2.24) is 10.3 Å². The quantitative estimate of drug-likeness (QED) is 0.875. The summed E-state index contributed by atoms with van der Waals surface area (Å²) in [5, 5.41) is 3.40. The molecule has 0 fully saturated rings. The summed E-state index contributed by atoms with van der Waals surface area (Å²) < 4.78 is 0. The second kappa shape index (κ2) is 6.64. The highest BCUT2D eigenvalue weighted by molar-refractivity contribution is 8.00. The molecule has 1 aromatic heterocycles. The molecule has 1 heterocycles. The summed E-state index contributed by atoms with van der Waals surface area (Å²) in [6.07, 6.45) is 1.83. The smallest absolute Gasteiger partial charge is 0.230 e. The minimum Gasteiger partial charge on any atom is -0.351 e. The van der Waals surface area contributed by atoms with E-state index in [-0.39, 0.29) is 5.91 Å². The lowest BCUT2D eigenvalue weighted by Gasteiger charge is -2.09. The van der Waals surface area contributed by atoms with Crippen LogP contribution in [0.25, 0.3) is 0 Å². The van der Waals surface area contributed by atoms with E-state index < -0.39 is 0 Å². The van der Waals surface area contributed by atoms with Crippen molar-refractivity contribution >= 4 is 17.7 Å². The van der Waals surface area contributed by atoms with Crippen LogP contribution in [0.4, 0.5) is 0 Å². The van der Waals surface area contributed by atoms with Crippen LogP contribution in [0.3, 0.4) is 0 Å². The number of amides is 1. The molecule has 94 valence electrons. The number of carbonyl (C=O) groups is 1. The van der Waals surface area contributed by atoms with Gasteiger partial charge in [-0.15, -0.1) is 11.8 Å². The van der Waals surface area contributed by atoms with Crippen LogP contribution in [0.5, 0.6) is 0 Å². The fourth-order valence-electron chi connectivity index (χ4n) is 1.40. The third-order valence-corrected chi connectivity index (χ3v) is 3.48. The van der Waals surface area contributed by atoms with E-state index >= 15 is 0 Å². The lowest BCUT2D eigenvalue weighted by Crippen LogP contribution is -2.25. The molecule has 1 rings (SSSR count). The number of hydrogen-bond acceptors (Lipinski definition) is 3. The maximum atomic E-state index is 11.5. The van der Waals surface area contributed by atoms with Gasteiger partial charge in [0.1, 0.15) is 0 Å². The molecule has 3 nitrogen and oxygen atoms in total. The Balaban J connectivity index is 2.42. The Hall–Kier alpha value is -1.03. The summed E-state index contributed by atoms with van der Waals surface area (Å²) in [5.41, 5.74) is 3.26. The topological polar surface area (TPSA) is 42.0 Å². The number of pyridine rings is 1. The van der Waals surface area contributed by atoms with Crippen LogP contribution in [0.1, 0.15) is 30.7 Å². The Bertz CT molecular complexity index is 391. The maximum Gasteiger partial charge on any atom is 0.230 e. The van der Waals surface area contributed by atoms with Crippen LogP contribution in [0.15, 0.2) is 12.3 Å². The fraction of sp³-hybridized carbons (Fsp3) is 0.538. The normalized spacial score (nSPS) is 10.6. The average Bonchev–Trinajstić information content (AvgIpc) is 2.25. The molecule has 0 radical (unpaired) electrons. The summed E-state index contributed by atoms with van der Waals surface area (Å²) >= 11 is 1.65.